The Morgan fingerprint density at radius 3 is 2.60 bits per heavy atom. The predicted molar refractivity (Wildman–Crippen MR) is 98.0 cm³/mol. The lowest BCUT2D eigenvalue weighted by molar-refractivity contribution is 0.102. The van der Waals surface area contributed by atoms with E-state index in [4.69, 9.17) is 4.74 Å². The number of rotatable bonds is 6. The molecule has 1 N–H and O–H groups in total. The number of amides is 1. The molecule has 0 saturated carbocycles. The van der Waals surface area contributed by atoms with Crippen LogP contribution in [0.4, 0.5) is 5.69 Å². The number of benzene rings is 2. The highest BCUT2D eigenvalue weighted by Gasteiger charge is 2.09. The van der Waals surface area contributed by atoms with Crippen molar-refractivity contribution in [3.05, 3.63) is 60.4 Å². The minimum atomic E-state index is -0.177. The predicted octanol–water partition coefficient (Wildman–Crippen LogP) is 2.82. The van der Waals surface area contributed by atoms with Crippen LogP contribution in [0.25, 0.3) is 10.8 Å². The average molecular weight is 336 g/mol. The molecule has 2 aromatic carbocycles. The molecular weight excluding hydrogens is 316 g/mol. The molecule has 25 heavy (non-hydrogen) atoms. The monoisotopic (exact) mass is 336 g/mol. The molecule has 3 aromatic rings. The van der Waals surface area contributed by atoms with Gasteiger partial charge in [0, 0.05) is 22.9 Å². The molecule has 0 unspecified atom stereocenters. The molecule has 0 fully saturated rings. The SMILES string of the molecule is CN(C)CCOc1ccc(C(=O)Nc2cccc3cnncc23)cc1. The van der Waals surface area contributed by atoms with Gasteiger partial charge in [-0.05, 0) is 44.4 Å². The molecule has 0 aliphatic carbocycles. The fourth-order valence-corrected chi connectivity index (χ4v) is 2.38. The van der Waals surface area contributed by atoms with Gasteiger partial charge < -0.3 is 15.0 Å². The van der Waals surface area contributed by atoms with Gasteiger partial charge in [0.2, 0.25) is 0 Å². The average Bonchev–Trinajstić information content (AvgIpc) is 2.62. The fourth-order valence-electron chi connectivity index (χ4n) is 2.38. The molecule has 0 saturated heterocycles. The van der Waals surface area contributed by atoms with Gasteiger partial charge in [-0.15, -0.1) is 0 Å². The third-order valence-electron chi connectivity index (χ3n) is 3.76. The van der Waals surface area contributed by atoms with Gasteiger partial charge in [0.1, 0.15) is 12.4 Å². The number of likely N-dealkylation sites (N-methyl/N-ethyl adjacent to an activating group) is 1. The summed E-state index contributed by atoms with van der Waals surface area (Å²) in [5.74, 6) is 0.572. The number of carbonyl (C=O) groups excluding carboxylic acids is 1. The summed E-state index contributed by atoms with van der Waals surface area (Å²) in [4.78, 5) is 14.5. The van der Waals surface area contributed by atoms with Crippen LogP contribution in [0.1, 0.15) is 10.4 Å². The van der Waals surface area contributed by atoms with E-state index in [-0.39, 0.29) is 5.91 Å². The Bertz CT molecular complexity index is 857. The number of ether oxygens (including phenoxy) is 1. The minimum Gasteiger partial charge on any atom is -0.492 e. The Hall–Kier alpha value is -2.99. The Kier molecular flexibility index (Phi) is 5.20. The van der Waals surface area contributed by atoms with Crippen molar-refractivity contribution in [1.29, 1.82) is 0 Å². The summed E-state index contributed by atoms with van der Waals surface area (Å²) in [6, 6.07) is 12.8. The molecule has 0 radical (unpaired) electrons. The molecule has 0 aliphatic heterocycles. The molecule has 6 nitrogen and oxygen atoms in total. The number of aromatic nitrogens is 2. The highest BCUT2D eigenvalue weighted by molar-refractivity contribution is 6.08. The summed E-state index contributed by atoms with van der Waals surface area (Å²) in [5.41, 5.74) is 1.28. The largest absolute Gasteiger partial charge is 0.492 e. The first-order chi connectivity index (χ1) is 12.1. The van der Waals surface area contributed by atoms with E-state index < -0.39 is 0 Å². The molecule has 3 rings (SSSR count). The van der Waals surface area contributed by atoms with Crippen molar-refractivity contribution in [3.8, 4) is 5.75 Å². The van der Waals surface area contributed by atoms with E-state index in [0.29, 0.717) is 17.9 Å². The second kappa shape index (κ2) is 7.72. The van der Waals surface area contributed by atoms with Crippen molar-refractivity contribution in [3.63, 3.8) is 0 Å². The lowest BCUT2D eigenvalue weighted by Gasteiger charge is -2.11. The van der Waals surface area contributed by atoms with Gasteiger partial charge in [-0.25, -0.2) is 0 Å². The molecule has 0 atom stereocenters. The number of carbonyl (C=O) groups is 1. The van der Waals surface area contributed by atoms with Crippen LogP contribution < -0.4 is 10.1 Å². The number of hydrogen-bond acceptors (Lipinski definition) is 5. The number of nitrogens with one attached hydrogen (secondary N) is 1. The van der Waals surface area contributed by atoms with Gasteiger partial charge in [0.25, 0.3) is 5.91 Å². The van der Waals surface area contributed by atoms with Crippen LogP contribution >= 0.6 is 0 Å². The van der Waals surface area contributed by atoms with E-state index in [2.05, 4.69) is 20.4 Å². The van der Waals surface area contributed by atoms with Gasteiger partial charge in [0.05, 0.1) is 18.1 Å². The van der Waals surface area contributed by atoms with Crippen LogP contribution in [-0.4, -0.2) is 48.3 Å². The number of nitrogens with zero attached hydrogens (tertiary/aromatic N) is 3. The van der Waals surface area contributed by atoms with Crippen LogP contribution in [0.5, 0.6) is 5.75 Å². The number of anilines is 1. The van der Waals surface area contributed by atoms with E-state index in [0.717, 1.165) is 23.1 Å². The quantitative estimate of drug-likeness (QED) is 0.750. The highest BCUT2D eigenvalue weighted by Crippen LogP contribution is 2.22. The van der Waals surface area contributed by atoms with E-state index in [1.807, 2.05) is 32.3 Å². The summed E-state index contributed by atoms with van der Waals surface area (Å²) in [5, 5.41) is 12.5. The van der Waals surface area contributed by atoms with Gasteiger partial charge in [-0.2, -0.15) is 10.2 Å². The molecule has 1 aromatic heterocycles. The minimum absolute atomic E-state index is 0.177. The molecule has 0 bridgehead atoms. The van der Waals surface area contributed by atoms with E-state index >= 15 is 0 Å². The van der Waals surface area contributed by atoms with Crippen LogP contribution in [0.15, 0.2) is 54.9 Å². The smallest absolute Gasteiger partial charge is 0.255 e. The van der Waals surface area contributed by atoms with Crippen molar-refractivity contribution in [1.82, 2.24) is 15.1 Å². The Morgan fingerprint density at radius 2 is 1.84 bits per heavy atom. The molecular formula is C19H20N4O2. The molecule has 0 spiro atoms. The zero-order valence-corrected chi connectivity index (χ0v) is 14.3. The second-order valence-corrected chi connectivity index (χ2v) is 5.93. The summed E-state index contributed by atoms with van der Waals surface area (Å²) in [7, 11) is 3.99. The first-order valence-electron chi connectivity index (χ1n) is 8.02. The van der Waals surface area contributed by atoms with E-state index in [1.165, 1.54) is 0 Å². The summed E-state index contributed by atoms with van der Waals surface area (Å²) in [6.45, 7) is 1.45. The van der Waals surface area contributed by atoms with Crippen LogP contribution in [0.2, 0.25) is 0 Å². The van der Waals surface area contributed by atoms with Crippen molar-refractivity contribution < 1.29 is 9.53 Å². The topological polar surface area (TPSA) is 67.3 Å². The fraction of sp³-hybridized carbons (Fsp3) is 0.211. The number of hydrogen-bond donors (Lipinski definition) is 1. The summed E-state index contributed by atoms with van der Waals surface area (Å²) in [6.07, 6.45) is 3.32. The maximum atomic E-state index is 12.5. The van der Waals surface area contributed by atoms with Crippen molar-refractivity contribution in [2.45, 2.75) is 0 Å². The highest BCUT2D eigenvalue weighted by atomic mass is 16.5. The van der Waals surface area contributed by atoms with Gasteiger partial charge >= 0.3 is 0 Å². The first-order valence-corrected chi connectivity index (χ1v) is 8.02. The lowest BCUT2D eigenvalue weighted by atomic mass is 10.1. The van der Waals surface area contributed by atoms with Crippen LogP contribution in [0.3, 0.4) is 0 Å². The second-order valence-electron chi connectivity index (χ2n) is 5.93. The van der Waals surface area contributed by atoms with Crippen molar-refractivity contribution >= 4 is 22.4 Å². The Balaban J connectivity index is 1.68. The van der Waals surface area contributed by atoms with E-state index in [1.54, 1.807) is 36.7 Å². The summed E-state index contributed by atoms with van der Waals surface area (Å²) >= 11 is 0. The Labute approximate surface area is 146 Å². The Morgan fingerprint density at radius 1 is 1.08 bits per heavy atom. The molecule has 1 heterocycles. The van der Waals surface area contributed by atoms with Crippen LogP contribution in [0, 0.1) is 0 Å². The third kappa shape index (κ3) is 4.30. The van der Waals surface area contributed by atoms with Gasteiger partial charge in [0.15, 0.2) is 0 Å². The molecule has 0 aliphatic rings. The molecule has 1 amide bonds. The molecule has 6 heteroatoms. The normalized spacial score (nSPS) is 10.8. The van der Waals surface area contributed by atoms with Gasteiger partial charge in [-0.3, -0.25) is 4.79 Å². The van der Waals surface area contributed by atoms with Crippen LogP contribution in [-0.2, 0) is 0 Å². The maximum Gasteiger partial charge on any atom is 0.255 e. The van der Waals surface area contributed by atoms with Crippen molar-refractivity contribution in [2.24, 2.45) is 0 Å². The summed E-state index contributed by atoms with van der Waals surface area (Å²) < 4.78 is 5.64. The molecule has 128 valence electrons. The number of fused-ring (bicyclic) bond motifs is 1. The lowest BCUT2D eigenvalue weighted by Crippen LogP contribution is -2.19. The zero-order valence-electron chi connectivity index (χ0n) is 14.3. The standard InChI is InChI=1S/C19H20N4O2/c1-23(2)10-11-25-16-8-6-14(7-9-16)19(24)22-18-5-3-4-15-12-20-21-13-17(15)18/h3-9,12-13H,10-11H2,1-2H3,(H,22,24). The van der Waals surface area contributed by atoms with E-state index in [9.17, 15) is 4.79 Å². The zero-order chi connectivity index (χ0) is 17.6. The first kappa shape index (κ1) is 16.9. The van der Waals surface area contributed by atoms with Crippen molar-refractivity contribution in [2.75, 3.05) is 32.6 Å². The third-order valence-corrected chi connectivity index (χ3v) is 3.76. The van der Waals surface area contributed by atoms with Gasteiger partial charge in [-0.1, -0.05) is 12.1 Å². The maximum absolute atomic E-state index is 12.5.